The summed E-state index contributed by atoms with van der Waals surface area (Å²) in [6.45, 7) is 0.848. The van der Waals surface area contributed by atoms with E-state index in [0.717, 1.165) is 29.3 Å². The zero-order chi connectivity index (χ0) is 13.2. The molecule has 2 aromatic carbocycles. The third-order valence-corrected chi connectivity index (χ3v) is 3.92. The second kappa shape index (κ2) is 5.17. The summed E-state index contributed by atoms with van der Waals surface area (Å²) < 4.78 is 3.45. The van der Waals surface area contributed by atoms with Crippen LogP contribution in [-0.4, -0.2) is 10.9 Å². The molecule has 0 atom stereocenters. The van der Waals surface area contributed by atoms with Crippen LogP contribution in [0, 0.1) is 3.57 Å². The average molecular weight is 361 g/mol. The molecule has 0 bridgehead atoms. The van der Waals surface area contributed by atoms with E-state index in [9.17, 15) is 4.79 Å². The van der Waals surface area contributed by atoms with Gasteiger partial charge in [0.25, 0.3) is 0 Å². The van der Waals surface area contributed by atoms with Crippen molar-refractivity contribution in [2.45, 2.75) is 6.54 Å². The van der Waals surface area contributed by atoms with Gasteiger partial charge in [0.15, 0.2) is 0 Å². The van der Waals surface area contributed by atoms with Crippen LogP contribution in [0.25, 0.3) is 10.9 Å². The largest absolute Gasteiger partial charge is 0.343 e. The lowest BCUT2D eigenvalue weighted by Gasteiger charge is -2.06. The molecule has 1 aromatic heterocycles. The van der Waals surface area contributed by atoms with Crippen molar-refractivity contribution in [2.24, 2.45) is 0 Å². The minimum absolute atomic E-state index is 0.722. The van der Waals surface area contributed by atoms with Crippen molar-refractivity contribution < 1.29 is 4.79 Å². The Morgan fingerprint density at radius 1 is 1.05 bits per heavy atom. The molecule has 0 aliphatic heterocycles. The first-order valence-electron chi connectivity index (χ1n) is 6.05. The number of aromatic nitrogens is 1. The predicted molar refractivity (Wildman–Crippen MR) is 85.6 cm³/mol. The first kappa shape index (κ1) is 12.4. The Kier molecular flexibility index (Phi) is 3.38. The fourth-order valence-electron chi connectivity index (χ4n) is 2.22. The van der Waals surface area contributed by atoms with Crippen LogP contribution in [0.5, 0.6) is 0 Å². The van der Waals surface area contributed by atoms with Crippen LogP contribution in [-0.2, 0) is 6.54 Å². The molecule has 2 nitrogen and oxygen atoms in total. The van der Waals surface area contributed by atoms with E-state index in [1.807, 2.05) is 18.2 Å². The standard InChI is InChI=1S/C16H12INO/c17-15-4-1-12(2-5-15)10-18-8-7-14-9-13(11-19)3-6-16(14)18/h1-9,11H,10H2. The molecule has 3 rings (SSSR count). The maximum atomic E-state index is 10.8. The van der Waals surface area contributed by atoms with Gasteiger partial charge in [-0.15, -0.1) is 0 Å². The highest BCUT2D eigenvalue weighted by molar-refractivity contribution is 14.1. The number of hydrogen-bond acceptors (Lipinski definition) is 1. The van der Waals surface area contributed by atoms with Gasteiger partial charge in [-0.25, -0.2) is 0 Å². The summed E-state index contributed by atoms with van der Waals surface area (Å²) in [6.07, 6.45) is 2.95. The van der Waals surface area contributed by atoms with Crippen LogP contribution < -0.4 is 0 Å². The number of aldehydes is 1. The molecule has 0 radical (unpaired) electrons. The van der Waals surface area contributed by atoms with E-state index in [4.69, 9.17) is 0 Å². The van der Waals surface area contributed by atoms with E-state index >= 15 is 0 Å². The van der Waals surface area contributed by atoms with Gasteiger partial charge in [0, 0.05) is 32.8 Å². The molecule has 3 aromatic rings. The van der Waals surface area contributed by atoms with Gasteiger partial charge in [0.2, 0.25) is 0 Å². The molecule has 0 N–H and O–H groups in total. The van der Waals surface area contributed by atoms with Crippen LogP contribution in [0.3, 0.4) is 0 Å². The second-order valence-electron chi connectivity index (χ2n) is 4.51. The van der Waals surface area contributed by atoms with Gasteiger partial charge >= 0.3 is 0 Å². The SMILES string of the molecule is O=Cc1ccc2c(ccn2Cc2ccc(I)cc2)c1. The molecule has 0 amide bonds. The van der Waals surface area contributed by atoms with Crippen molar-refractivity contribution in [3.63, 3.8) is 0 Å². The van der Waals surface area contributed by atoms with E-state index in [1.165, 1.54) is 9.13 Å². The zero-order valence-electron chi connectivity index (χ0n) is 10.2. The normalized spacial score (nSPS) is 10.8. The van der Waals surface area contributed by atoms with Crippen LogP contribution >= 0.6 is 22.6 Å². The van der Waals surface area contributed by atoms with Crippen molar-refractivity contribution >= 4 is 39.8 Å². The minimum atomic E-state index is 0.722. The fraction of sp³-hybridized carbons (Fsp3) is 0.0625. The van der Waals surface area contributed by atoms with Gasteiger partial charge in [0.05, 0.1) is 0 Å². The molecular weight excluding hydrogens is 349 g/mol. The van der Waals surface area contributed by atoms with Crippen LogP contribution in [0.2, 0.25) is 0 Å². The number of halogens is 1. The zero-order valence-corrected chi connectivity index (χ0v) is 12.4. The van der Waals surface area contributed by atoms with Crippen molar-refractivity contribution in [2.75, 3.05) is 0 Å². The van der Waals surface area contributed by atoms with Gasteiger partial charge in [0.1, 0.15) is 6.29 Å². The number of carbonyl (C=O) groups is 1. The average Bonchev–Trinajstić information content (AvgIpc) is 2.83. The lowest BCUT2D eigenvalue weighted by Crippen LogP contribution is -1.97. The predicted octanol–water partition coefficient (Wildman–Crippen LogP) is 4.11. The maximum Gasteiger partial charge on any atom is 0.150 e. The third kappa shape index (κ3) is 2.56. The molecule has 0 aliphatic carbocycles. The first-order chi connectivity index (χ1) is 9.26. The fourth-order valence-corrected chi connectivity index (χ4v) is 2.58. The van der Waals surface area contributed by atoms with Gasteiger partial charge in [-0.3, -0.25) is 4.79 Å². The van der Waals surface area contributed by atoms with Gasteiger partial charge in [-0.05, 0) is 64.6 Å². The highest BCUT2D eigenvalue weighted by Gasteiger charge is 2.03. The number of nitrogens with zero attached hydrogens (tertiary/aromatic N) is 1. The van der Waals surface area contributed by atoms with E-state index in [2.05, 4.69) is 63.7 Å². The maximum absolute atomic E-state index is 10.8. The summed E-state index contributed by atoms with van der Waals surface area (Å²) in [4.78, 5) is 10.8. The topological polar surface area (TPSA) is 22.0 Å². The summed E-state index contributed by atoms with van der Waals surface area (Å²) >= 11 is 2.31. The molecule has 0 saturated heterocycles. The van der Waals surface area contributed by atoms with E-state index < -0.39 is 0 Å². The number of carbonyl (C=O) groups excluding carboxylic acids is 1. The molecule has 1 heterocycles. The molecule has 0 spiro atoms. The first-order valence-corrected chi connectivity index (χ1v) is 7.13. The van der Waals surface area contributed by atoms with E-state index in [0.29, 0.717) is 0 Å². The molecule has 0 aliphatic rings. The molecule has 0 fully saturated rings. The Morgan fingerprint density at radius 3 is 2.58 bits per heavy atom. The van der Waals surface area contributed by atoms with Crippen molar-refractivity contribution in [3.8, 4) is 0 Å². The number of hydrogen-bond donors (Lipinski definition) is 0. The lowest BCUT2D eigenvalue weighted by molar-refractivity contribution is 0.112. The van der Waals surface area contributed by atoms with Gasteiger partial charge in [-0.2, -0.15) is 0 Å². The molecule has 94 valence electrons. The van der Waals surface area contributed by atoms with Crippen LogP contribution in [0.4, 0.5) is 0 Å². The smallest absolute Gasteiger partial charge is 0.150 e. The minimum Gasteiger partial charge on any atom is -0.343 e. The van der Waals surface area contributed by atoms with E-state index in [1.54, 1.807) is 0 Å². The molecule has 0 saturated carbocycles. The monoisotopic (exact) mass is 361 g/mol. The summed E-state index contributed by atoms with van der Waals surface area (Å²) in [7, 11) is 0. The Hall–Kier alpha value is -1.62. The van der Waals surface area contributed by atoms with Crippen molar-refractivity contribution in [3.05, 3.63) is 69.4 Å². The van der Waals surface area contributed by atoms with E-state index in [-0.39, 0.29) is 0 Å². The summed E-state index contributed by atoms with van der Waals surface area (Å²) in [5.74, 6) is 0. The lowest BCUT2D eigenvalue weighted by atomic mass is 10.2. The second-order valence-corrected chi connectivity index (χ2v) is 5.75. The summed E-state index contributed by atoms with van der Waals surface area (Å²) in [6, 6.07) is 16.4. The molecule has 3 heteroatoms. The van der Waals surface area contributed by atoms with Crippen LogP contribution in [0.15, 0.2) is 54.7 Å². The summed E-state index contributed by atoms with van der Waals surface area (Å²) in [5, 5.41) is 1.11. The van der Waals surface area contributed by atoms with Crippen molar-refractivity contribution in [1.82, 2.24) is 4.57 Å². The molecule has 0 unspecified atom stereocenters. The quantitative estimate of drug-likeness (QED) is 0.509. The van der Waals surface area contributed by atoms with Crippen LogP contribution in [0.1, 0.15) is 15.9 Å². The number of fused-ring (bicyclic) bond motifs is 1. The van der Waals surface area contributed by atoms with Gasteiger partial charge < -0.3 is 4.57 Å². The molecular formula is C16H12INO. The third-order valence-electron chi connectivity index (χ3n) is 3.20. The Morgan fingerprint density at radius 2 is 1.84 bits per heavy atom. The Balaban J connectivity index is 1.97. The number of benzene rings is 2. The Bertz CT molecular complexity index is 728. The number of rotatable bonds is 3. The highest BCUT2D eigenvalue weighted by atomic mass is 127. The highest BCUT2D eigenvalue weighted by Crippen LogP contribution is 2.19. The van der Waals surface area contributed by atoms with Crippen molar-refractivity contribution in [1.29, 1.82) is 0 Å². The summed E-state index contributed by atoms with van der Waals surface area (Å²) in [5.41, 5.74) is 3.15. The van der Waals surface area contributed by atoms with Gasteiger partial charge in [-0.1, -0.05) is 12.1 Å². The molecule has 19 heavy (non-hydrogen) atoms. The Labute approximate surface area is 125 Å².